The zero-order chi connectivity index (χ0) is 16.7. The van der Waals surface area contributed by atoms with Gasteiger partial charge in [-0.05, 0) is 27.2 Å². The van der Waals surface area contributed by atoms with Gasteiger partial charge in [0.1, 0.15) is 5.60 Å². The van der Waals surface area contributed by atoms with Gasteiger partial charge in [0, 0.05) is 6.42 Å². The number of esters is 1. The van der Waals surface area contributed by atoms with Crippen molar-refractivity contribution in [3.63, 3.8) is 0 Å². The van der Waals surface area contributed by atoms with Crippen LogP contribution in [0.25, 0.3) is 0 Å². The van der Waals surface area contributed by atoms with E-state index in [1.54, 1.807) is 20.8 Å². The van der Waals surface area contributed by atoms with E-state index in [4.69, 9.17) is 4.74 Å². The van der Waals surface area contributed by atoms with Crippen LogP contribution in [-0.4, -0.2) is 52.1 Å². The fourth-order valence-electron chi connectivity index (χ4n) is 1.27. The molecule has 0 fully saturated rings. The van der Waals surface area contributed by atoms with Gasteiger partial charge in [-0.3, -0.25) is 8.98 Å². The summed E-state index contributed by atoms with van der Waals surface area (Å²) in [5.74, 6) is -0.467. The van der Waals surface area contributed by atoms with Crippen molar-refractivity contribution in [3.8, 4) is 0 Å². The van der Waals surface area contributed by atoms with Crippen LogP contribution in [0.4, 0.5) is 4.79 Å². The molecule has 0 unspecified atom stereocenters. The van der Waals surface area contributed by atoms with Gasteiger partial charge < -0.3 is 14.8 Å². The Labute approximate surface area is 125 Å². The van der Waals surface area contributed by atoms with Crippen LogP contribution >= 0.6 is 0 Å². The molecule has 0 bridgehead atoms. The highest BCUT2D eigenvalue weighted by Crippen LogP contribution is 2.08. The molecule has 0 radical (unpaired) electrons. The monoisotopic (exact) mass is 325 g/mol. The van der Waals surface area contributed by atoms with Gasteiger partial charge >= 0.3 is 12.1 Å². The molecule has 0 saturated carbocycles. The normalized spacial score (nSPS) is 13.4. The Kier molecular flexibility index (Phi) is 7.65. The first-order valence-electron chi connectivity index (χ1n) is 6.33. The Morgan fingerprint density at radius 1 is 1.24 bits per heavy atom. The Morgan fingerprint density at radius 2 is 1.81 bits per heavy atom. The molecule has 0 rings (SSSR count). The molecule has 0 spiro atoms. The van der Waals surface area contributed by atoms with Crippen molar-refractivity contribution in [2.75, 3.05) is 20.0 Å². The molecule has 0 aliphatic rings. The van der Waals surface area contributed by atoms with Gasteiger partial charge in [0.15, 0.2) is 0 Å². The Bertz CT molecular complexity index is 453. The van der Waals surface area contributed by atoms with E-state index in [1.165, 1.54) is 7.11 Å². The predicted molar refractivity (Wildman–Crippen MR) is 75.2 cm³/mol. The van der Waals surface area contributed by atoms with E-state index < -0.39 is 33.8 Å². The average molecular weight is 325 g/mol. The second-order valence-electron chi connectivity index (χ2n) is 5.45. The molecule has 124 valence electrons. The van der Waals surface area contributed by atoms with Crippen molar-refractivity contribution in [2.24, 2.45) is 0 Å². The van der Waals surface area contributed by atoms with Crippen LogP contribution in [0.1, 0.15) is 33.6 Å². The summed E-state index contributed by atoms with van der Waals surface area (Å²) in [7, 11) is -2.40. The van der Waals surface area contributed by atoms with E-state index in [9.17, 15) is 18.0 Å². The molecule has 9 heteroatoms. The SMILES string of the molecule is COC(=O)CC[C@@H](COS(C)(=O)=O)NC(=O)OC(C)(C)C. The summed E-state index contributed by atoms with van der Waals surface area (Å²) in [4.78, 5) is 22.8. The molecule has 0 aromatic heterocycles. The highest BCUT2D eigenvalue weighted by atomic mass is 32.2. The fourth-order valence-corrected chi connectivity index (χ4v) is 1.68. The number of methoxy groups -OCH3 is 1. The number of carbonyl (C=O) groups excluding carboxylic acids is 2. The summed E-state index contributed by atoms with van der Waals surface area (Å²) in [5.41, 5.74) is -0.686. The number of hydrogen-bond acceptors (Lipinski definition) is 7. The maximum Gasteiger partial charge on any atom is 0.407 e. The third-order valence-corrected chi connectivity index (χ3v) is 2.69. The zero-order valence-electron chi connectivity index (χ0n) is 13.0. The summed E-state index contributed by atoms with van der Waals surface area (Å²) in [6.45, 7) is 4.81. The minimum absolute atomic E-state index is 0.0179. The van der Waals surface area contributed by atoms with Crippen LogP contribution in [0.2, 0.25) is 0 Å². The minimum Gasteiger partial charge on any atom is -0.469 e. The number of alkyl carbamates (subject to hydrolysis) is 1. The molecule has 0 heterocycles. The Hall–Kier alpha value is -1.35. The molecule has 0 aromatic rings. The lowest BCUT2D eigenvalue weighted by atomic mass is 10.1. The van der Waals surface area contributed by atoms with Gasteiger partial charge in [0.2, 0.25) is 0 Å². The van der Waals surface area contributed by atoms with Gasteiger partial charge in [-0.2, -0.15) is 8.42 Å². The topological polar surface area (TPSA) is 108 Å². The lowest BCUT2D eigenvalue weighted by Gasteiger charge is -2.23. The summed E-state index contributed by atoms with van der Waals surface area (Å²) in [6.07, 6.45) is 0.373. The average Bonchev–Trinajstić information content (AvgIpc) is 2.28. The van der Waals surface area contributed by atoms with E-state index in [2.05, 4.69) is 14.2 Å². The predicted octanol–water partition coefficient (Wildman–Crippen LogP) is 0.809. The van der Waals surface area contributed by atoms with Crippen molar-refractivity contribution >= 4 is 22.2 Å². The van der Waals surface area contributed by atoms with Crippen LogP contribution in [-0.2, 0) is 28.6 Å². The largest absolute Gasteiger partial charge is 0.469 e. The number of carbonyl (C=O) groups is 2. The van der Waals surface area contributed by atoms with E-state index >= 15 is 0 Å². The standard InChI is InChI=1S/C12H23NO7S/c1-12(2,3)20-11(15)13-9(6-7-10(14)18-4)8-19-21(5,16)17/h9H,6-8H2,1-5H3,(H,13,15)/t9-/m0/s1. The van der Waals surface area contributed by atoms with Crippen molar-refractivity contribution in [1.29, 1.82) is 0 Å². The van der Waals surface area contributed by atoms with Gasteiger partial charge in [-0.1, -0.05) is 0 Å². The first-order chi connectivity index (χ1) is 9.43. The highest BCUT2D eigenvalue weighted by molar-refractivity contribution is 7.85. The molecule has 8 nitrogen and oxygen atoms in total. The molecular formula is C12H23NO7S. The zero-order valence-corrected chi connectivity index (χ0v) is 13.8. The van der Waals surface area contributed by atoms with Crippen LogP contribution in [0, 0.1) is 0 Å². The van der Waals surface area contributed by atoms with Crippen molar-refractivity contribution in [3.05, 3.63) is 0 Å². The fraction of sp³-hybridized carbons (Fsp3) is 0.833. The first kappa shape index (κ1) is 19.7. The molecule has 1 atom stereocenters. The molecule has 0 saturated heterocycles. The minimum atomic E-state index is -3.64. The summed E-state index contributed by atoms with van der Waals surface area (Å²) < 4.78 is 36.2. The van der Waals surface area contributed by atoms with Crippen LogP contribution in [0.3, 0.4) is 0 Å². The molecule has 21 heavy (non-hydrogen) atoms. The van der Waals surface area contributed by atoms with Crippen molar-refractivity contribution < 1.29 is 31.7 Å². The van der Waals surface area contributed by atoms with E-state index in [0.717, 1.165) is 6.26 Å². The second-order valence-corrected chi connectivity index (χ2v) is 7.09. The number of hydrogen-bond donors (Lipinski definition) is 1. The maximum absolute atomic E-state index is 11.7. The smallest absolute Gasteiger partial charge is 0.407 e. The lowest BCUT2D eigenvalue weighted by Crippen LogP contribution is -2.42. The number of ether oxygens (including phenoxy) is 2. The van der Waals surface area contributed by atoms with E-state index in [0.29, 0.717) is 0 Å². The van der Waals surface area contributed by atoms with Crippen molar-refractivity contribution in [1.82, 2.24) is 5.32 Å². The van der Waals surface area contributed by atoms with Gasteiger partial charge in [0.05, 0.1) is 26.0 Å². The molecule has 0 aliphatic carbocycles. The second kappa shape index (κ2) is 8.18. The van der Waals surface area contributed by atoms with Crippen molar-refractivity contribution in [2.45, 2.75) is 45.3 Å². The third kappa shape index (κ3) is 12.1. The summed E-state index contributed by atoms with van der Waals surface area (Å²) in [6, 6.07) is -0.686. The molecule has 1 N–H and O–H groups in total. The Balaban J connectivity index is 4.56. The van der Waals surface area contributed by atoms with Gasteiger partial charge in [-0.15, -0.1) is 0 Å². The van der Waals surface area contributed by atoms with E-state index in [1.807, 2.05) is 0 Å². The number of rotatable bonds is 7. The molecule has 1 amide bonds. The maximum atomic E-state index is 11.7. The van der Waals surface area contributed by atoms with Crippen LogP contribution in [0.15, 0.2) is 0 Å². The van der Waals surface area contributed by atoms with Gasteiger partial charge in [0.25, 0.3) is 10.1 Å². The molecule has 0 aliphatic heterocycles. The van der Waals surface area contributed by atoms with Gasteiger partial charge in [-0.25, -0.2) is 4.79 Å². The quantitative estimate of drug-likeness (QED) is 0.545. The summed E-state index contributed by atoms with van der Waals surface area (Å²) >= 11 is 0. The lowest BCUT2D eigenvalue weighted by molar-refractivity contribution is -0.140. The number of nitrogens with one attached hydrogen (secondary N) is 1. The highest BCUT2D eigenvalue weighted by Gasteiger charge is 2.21. The molecule has 0 aromatic carbocycles. The number of amides is 1. The van der Waals surface area contributed by atoms with Crippen LogP contribution in [0.5, 0.6) is 0 Å². The van der Waals surface area contributed by atoms with E-state index in [-0.39, 0.29) is 19.4 Å². The first-order valence-corrected chi connectivity index (χ1v) is 8.15. The molecular weight excluding hydrogens is 302 g/mol. The summed E-state index contributed by atoms with van der Waals surface area (Å²) in [5, 5.41) is 2.47. The third-order valence-electron chi connectivity index (χ3n) is 2.13. The van der Waals surface area contributed by atoms with Crippen LogP contribution < -0.4 is 5.32 Å². The Morgan fingerprint density at radius 3 is 2.24 bits per heavy atom.